The molecule has 0 bridgehead atoms. The Morgan fingerprint density at radius 1 is 1.36 bits per heavy atom. The zero-order valence-electron chi connectivity index (χ0n) is 15.7. The third-order valence-corrected chi connectivity index (χ3v) is 5.96. The molecule has 1 aromatic carbocycles. The van der Waals surface area contributed by atoms with Gasteiger partial charge in [0.25, 0.3) is 0 Å². The van der Waals surface area contributed by atoms with Gasteiger partial charge in [-0.1, -0.05) is 35.9 Å². The predicted molar refractivity (Wildman–Crippen MR) is 116 cm³/mol. The van der Waals surface area contributed by atoms with Crippen LogP contribution in [0.15, 0.2) is 41.8 Å². The number of amides is 1. The van der Waals surface area contributed by atoms with Crippen molar-refractivity contribution in [2.45, 2.75) is 19.0 Å². The standard InChI is InChI=1S/C19H22ClN5OS2/c1-24(2)15(13-6-3-4-7-14(13)20)12-21-17(26)9-10-25-18(22-23-19(25)27)16-8-5-11-28-16/h3-8,11,15H,9-10,12H2,1-2H3,(H,21,26)(H,23,27). The first kappa shape index (κ1) is 20.7. The number of carbonyl (C=O) groups is 1. The summed E-state index contributed by atoms with van der Waals surface area (Å²) < 4.78 is 2.37. The van der Waals surface area contributed by atoms with Gasteiger partial charge in [0, 0.05) is 24.5 Å². The number of nitrogens with one attached hydrogen (secondary N) is 2. The molecule has 2 N–H and O–H groups in total. The Bertz CT molecular complexity index is 980. The van der Waals surface area contributed by atoms with E-state index in [9.17, 15) is 4.79 Å². The molecule has 9 heteroatoms. The number of halogens is 1. The quantitative estimate of drug-likeness (QED) is 0.522. The van der Waals surface area contributed by atoms with Crippen LogP contribution in [-0.4, -0.2) is 46.2 Å². The van der Waals surface area contributed by atoms with Crippen LogP contribution >= 0.6 is 35.2 Å². The first-order valence-corrected chi connectivity index (χ1v) is 10.5. The summed E-state index contributed by atoms with van der Waals surface area (Å²) in [5.74, 6) is 0.717. The van der Waals surface area contributed by atoms with Crippen molar-refractivity contribution in [1.29, 1.82) is 0 Å². The van der Waals surface area contributed by atoms with Crippen LogP contribution in [0.5, 0.6) is 0 Å². The molecule has 3 rings (SSSR count). The number of hydrogen-bond donors (Lipinski definition) is 2. The molecule has 0 fully saturated rings. The summed E-state index contributed by atoms with van der Waals surface area (Å²) in [5, 5.41) is 12.8. The summed E-state index contributed by atoms with van der Waals surface area (Å²) in [7, 11) is 3.94. The number of thiophene rings is 1. The van der Waals surface area contributed by atoms with Crippen LogP contribution in [0.3, 0.4) is 0 Å². The van der Waals surface area contributed by atoms with E-state index < -0.39 is 0 Å². The fraction of sp³-hybridized carbons (Fsp3) is 0.316. The van der Waals surface area contributed by atoms with Gasteiger partial charge in [0.2, 0.25) is 5.91 Å². The number of nitrogens with zero attached hydrogens (tertiary/aromatic N) is 3. The second-order valence-electron chi connectivity index (χ2n) is 6.54. The highest BCUT2D eigenvalue weighted by atomic mass is 35.5. The molecular formula is C19H22ClN5OS2. The highest BCUT2D eigenvalue weighted by Gasteiger charge is 2.18. The molecule has 1 atom stereocenters. The van der Waals surface area contributed by atoms with Crippen LogP contribution in [0.25, 0.3) is 10.7 Å². The first-order chi connectivity index (χ1) is 13.5. The Labute approximate surface area is 178 Å². The number of carbonyl (C=O) groups excluding carboxylic acids is 1. The Balaban J connectivity index is 1.61. The molecule has 0 aliphatic rings. The van der Waals surface area contributed by atoms with Crippen molar-refractivity contribution in [3.05, 3.63) is 57.1 Å². The maximum atomic E-state index is 12.5. The van der Waals surface area contributed by atoms with E-state index in [0.717, 1.165) is 16.3 Å². The van der Waals surface area contributed by atoms with Gasteiger partial charge in [-0.25, -0.2) is 0 Å². The largest absolute Gasteiger partial charge is 0.354 e. The molecule has 148 valence electrons. The lowest BCUT2D eigenvalue weighted by molar-refractivity contribution is -0.121. The summed E-state index contributed by atoms with van der Waals surface area (Å²) in [6.45, 7) is 0.942. The number of hydrogen-bond acceptors (Lipinski definition) is 5. The third-order valence-electron chi connectivity index (χ3n) is 4.44. The molecule has 28 heavy (non-hydrogen) atoms. The van der Waals surface area contributed by atoms with Crippen molar-refractivity contribution in [3.63, 3.8) is 0 Å². The predicted octanol–water partition coefficient (Wildman–Crippen LogP) is 4.13. The minimum atomic E-state index is -0.0425. The van der Waals surface area contributed by atoms with Crippen molar-refractivity contribution >= 4 is 41.1 Å². The third kappa shape index (κ3) is 4.88. The average molecular weight is 436 g/mol. The highest BCUT2D eigenvalue weighted by Crippen LogP contribution is 2.25. The van der Waals surface area contributed by atoms with Gasteiger partial charge in [-0.3, -0.25) is 14.5 Å². The van der Waals surface area contributed by atoms with Crippen molar-refractivity contribution < 1.29 is 4.79 Å². The molecular weight excluding hydrogens is 414 g/mol. The van der Waals surface area contributed by atoms with Gasteiger partial charge < -0.3 is 10.2 Å². The van der Waals surface area contributed by atoms with Gasteiger partial charge >= 0.3 is 0 Å². The first-order valence-electron chi connectivity index (χ1n) is 8.84. The maximum absolute atomic E-state index is 12.5. The van der Waals surface area contributed by atoms with E-state index >= 15 is 0 Å². The lowest BCUT2D eigenvalue weighted by Crippen LogP contribution is -2.35. The Hall–Kier alpha value is -2.00. The molecule has 1 unspecified atom stereocenters. The summed E-state index contributed by atoms with van der Waals surface area (Å²) in [6, 6.07) is 11.6. The number of aromatic nitrogens is 3. The normalized spacial score (nSPS) is 12.3. The molecule has 0 spiro atoms. The van der Waals surface area contributed by atoms with Gasteiger partial charge in [0.05, 0.1) is 10.9 Å². The Kier molecular flexibility index (Phi) is 7.01. The monoisotopic (exact) mass is 435 g/mol. The number of aromatic amines is 1. The number of H-pyrrole nitrogens is 1. The summed E-state index contributed by atoms with van der Waals surface area (Å²) in [6.07, 6.45) is 0.314. The lowest BCUT2D eigenvalue weighted by Gasteiger charge is -2.26. The van der Waals surface area contributed by atoms with Gasteiger partial charge in [0.15, 0.2) is 10.6 Å². The number of rotatable bonds is 8. The molecule has 2 aromatic heterocycles. The van der Waals surface area contributed by atoms with Gasteiger partial charge in [-0.05, 0) is 49.4 Å². The van der Waals surface area contributed by atoms with Crippen LogP contribution in [-0.2, 0) is 11.3 Å². The fourth-order valence-electron chi connectivity index (χ4n) is 2.95. The number of benzene rings is 1. The van der Waals surface area contributed by atoms with Crippen molar-refractivity contribution in [1.82, 2.24) is 25.0 Å². The average Bonchev–Trinajstić information content (AvgIpc) is 3.31. The minimum Gasteiger partial charge on any atom is -0.354 e. The molecule has 2 heterocycles. The fourth-order valence-corrected chi connectivity index (χ4v) is 4.15. The van der Waals surface area contributed by atoms with Crippen LogP contribution in [0.2, 0.25) is 5.02 Å². The second-order valence-corrected chi connectivity index (χ2v) is 8.28. The van der Waals surface area contributed by atoms with Gasteiger partial charge in [-0.2, -0.15) is 5.10 Å². The van der Waals surface area contributed by atoms with Crippen molar-refractivity contribution in [2.75, 3.05) is 20.6 Å². The van der Waals surface area contributed by atoms with Crippen LogP contribution in [0.1, 0.15) is 18.0 Å². The molecule has 0 radical (unpaired) electrons. The van der Waals surface area contributed by atoms with E-state index in [4.69, 9.17) is 23.8 Å². The minimum absolute atomic E-state index is 0.00424. The number of likely N-dealkylation sites (N-methyl/N-ethyl adjacent to an activating group) is 1. The summed E-state index contributed by atoms with van der Waals surface area (Å²) >= 11 is 13.2. The smallest absolute Gasteiger partial charge is 0.221 e. The van der Waals surface area contributed by atoms with E-state index in [1.807, 2.05) is 65.3 Å². The molecule has 0 aliphatic heterocycles. The SMILES string of the molecule is CN(C)C(CNC(=O)CCn1c(-c2cccs2)n[nH]c1=S)c1ccccc1Cl. The van der Waals surface area contributed by atoms with Crippen LogP contribution < -0.4 is 5.32 Å². The van der Waals surface area contributed by atoms with E-state index in [0.29, 0.717) is 29.3 Å². The molecule has 1 amide bonds. The summed E-state index contributed by atoms with van der Waals surface area (Å²) in [5.41, 5.74) is 0.992. The van der Waals surface area contributed by atoms with Gasteiger partial charge in [-0.15, -0.1) is 11.3 Å². The maximum Gasteiger partial charge on any atom is 0.221 e. The van der Waals surface area contributed by atoms with E-state index in [2.05, 4.69) is 15.5 Å². The molecule has 3 aromatic rings. The van der Waals surface area contributed by atoms with E-state index in [-0.39, 0.29) is 11.9 Å². The highest BCUT2D eigenvalue weighted by molar-refractivity contribution is 7.71. The Morgan fingerprint density at radius 2 is 2.14 bits per heavy atom. The zero-order chi connectivity index (χ0) is 20.1. The zero-order valence-corrected chi connectivity index (χ0v) is 18.1. The van der Waals surface area contributed by atoms with E-state index in [1.165, 1.54) is 0 Å². The summed E-state index contributed by atoms with van der Waals surface area (Å²) in [4.78, 5) is 15.5. The lowest BCUT2D eigenvalue weighted by atomic mass is 10.1. The molecule has 0 saturated carbocycles. The van der Waals surface area contributed by atoms with Gasteiger partial charge in [0.1, 0.15) is 0 Å². The Morgan fingerprint density at radius 3 is 2.82 bits per heavy atom. The van der Waals surface area contributed by atoms with Crippen LogP contribution in [0.4, 0.5) is 0 Å². The van der Waals surface area contributed by atoms with Crippen molar-refractivity contribution in [2.24, 2.45) is 0 Å². The van der Waals surface area contributed by atoms with E-state index in [1.54, 1.807) is 11.3 Å². The second kappa shape index (κ2) is 9.47. The molecule has 6 nitrogen and oxygen atoms in total. The molecule has 0 saturated heterocycles. The van der Waals surface area contributed by atoms with Crippen LogP contribution in [0, 0.1) is 4.77 Å². The molecule has 0 aliphatic carbocycles. The van der Waals surface area contributed by atoms with Crippen molar-refractivity contribution in [3.8, 4) is 10.7 Å². The topological polar surface area (TPSA) is 66.0 Å².